The Bertz CT molecular complexity index is 1850. The van der Waals surface area contributed by atoms with Crippen molar-refractivity contribution < 1.29 is 48.3 Å². The number of hydrogen-bond donors (Lipinski definition) is 4. The van der Waals surface area contributed by atoms with Gasteiger partial charge in [0.05, 0.1) is 31.3 Å². The quantitative estimate of drug-likeness (QED) is 0.166. The summed E-state index contributed by atoms with van der Waals surface area (Å²) in [5, 5.41) is 33.0. The summed E-state index contributed by atoms with van der Waals surface area (Å²) in [6.45, 7) is 0.836. The summed E-state index contributed by atoms with van der Waals surface area (Å²) < 4.78 is 31.1. The maximum Gasteiger partial charge on any atom is 0.335 e. The zero-order valence-corrected chi connectivity index (χ0v) is 31.1. The topological polar surface area (TPSA) is 158 Å². The van der Waals surface area contributed by atoms with Gasteiger partial charge in [0.15, 0.2) is 12.2 Å². The van der Waals surface area contributed by atoms with E-state index in [0.29, 0.717) is 59.7 Å². The second kappa shape index (κ2) is 16.7. The van der Waals surface area contributed by atoms with E-state index in [1.165, 1.54) is 17.0 Å². The number of aliphatic carboxylic acids is 1. The van der Waals surface area contributed by atoms with E-state index in [2.05, 4.69) is 21.2 Å². The first-order valence-electron chi connectivity index (χ1n) is 17.5. The van der Waals surface area contributed by atoms with Crippen LogP contribution in [-0.4, -0.2) is 107 Å². The minimum atomic E-state index is -2.28. The highest BCUT2D eigenvalue weighted by molar-refractivity contribution is 9.10. The van der Waals surface area contributed by atoms with Crippen molar-refractivity contribution in [2.75, 3.05) is 33.9 Å². The van der Waals surface area contributed by atoms with Gasteiger partial charge in [0.1, 0.15) is 23.1 Å². The lowest BCUT2D eigenvalue weighted by molar-refractivity contribution is -0.163. The molecule has 4 atom stereocenters. The van der Waals surface area contributed by atoms with Crippen molar-refractivity contribution in [3.63, 3.8) is 0 Å². The Balaban J connectivity index is 1.27. The first kappa shape index (κ1) is 38.2. The molecule has 2 fully saturated rings. The van der Waals surface area contributed by atoms with Crippen LogP contribution in [0.5, 0.6) is 17.2 Å². The van der Waals surface area contributed by atoms with Gasteiger partial charge in [0.25, 0.3) is 11.8 Å². The number of halogens is 2. The molecule has 0 aromatic heterocycles. The van der Waals surface area contributed by atoms with Crippen molar-refractivity contribution in [3.05, 3.63) is 93.2 Å². The first-order valence-corrected chi connectivity index (χ1v) is 18.3. The highest BCUT2D eigenvalue weighted by Gasteiger charge is 2.45. The highest BCUT2D eigenvalue weighted by Crippen LogP contribution is 2.38. The number of carbonyl (C=O) groups excluding carboxylic acids is 2. The molecule has 282 valence electrons. The van der Waals surface area contributed by atoms with E-state index < -0.39 is 30.1 Å². The molecule has 0 unspecified atom stereocenters. The number of carboxylic acid groups (broad SMARTS) is 1. The van der Waals surface area contributed by atoms with Gasteiger partial charge in [-0.15, -0.1) is 0 Å². The van der Waals surface area contributed by atoms with Gasteiger partial charge in [-0.2, -0.15) is 0 Å². The third-order valence-corrected chi connectivity index (χ3v) is 10.5. The number of carbonyl (C=O) groups is 3. The molecular formula is C39H43BrFN3O9. The van der Waals surface area contributed by atoms with Gasteiger partial charge in [-0.25, -0.2) is 9.18 Å². The van der Waals surface area contributed by atoms with Gasteiger partial charge in [0, 0.05) is 49.4 Å². The smallest absolute Gasteiger partial charge is 0.335 e. The number of fused-ring (bicyclic) bond motifs is 2. The number of hydrogen-bond acceptors (Lipinski definition) is 9. The molecule has 2 amide bonds. The van der Waals surface area contributed by atoms with E-state index in [-0.39, 0.29) is 36.9 Å². The van der Waals surface area contributed by atoms with Gasteiger partial charge >= 0.3 is 5.97 Å². The number of amides is 2. The van der Waals surface area contributed by atoms with E-state index in [4.69, 9.17) is 14.2 Å². The number of aliphatic hydroxyl groups is 2. The maximum atomic E-state index is 14.8. The molecule has 1 saturated heterocycles. The summed E-state index contributed by atoms with van der Waals surface area (Å²) in [7, 11) is 3.13. The van der Waals surface area contributed by atoms with Gasteiger partial charge in [-0.3, -0.25) is 9.59 Å². The summed E-state index contributed by atoms with van der Waals surface area (Å²) in [6.07, 6.45) is -0.938. The molecule has 4 N–H and O–H groups in total. The van der Waals surface area contributed by atoms with Gasteiger partial charge in [-0.1, -0.05) is 24.3 Å². The summed E-state index contributed by atoms with van der Waals surface area (Å²) in [6, 6.07) is 16.9. The molecule has 1 saturated carbocycles. The summed E-state index contributed by atoms with van der Waals surface area (Å²) in [4.78, 5) is 42.6. The molecule has 2 heterocycles. The Kier molecular flexibility index (Phi) is 12.0. The SMILES string of the molecule is COc1cc(CN(C(=O)C2=C(c3ccc(CCCOc4cc(F)ccc4Br)cc3)C[C@@H]3CN(C(=O)[C@H](O)[C@H](O)C(=O)O)C[C@H]2N3)C2CC2)cc(OC)c1. The first-order chi connectivity index (χ1) is 25.4. The van der Waals surface area contributed by atoms with Gasteiger partial charge < -0.3 is 44.6 Å². The van der Waals surface area contributed by atoms with Crippen molar-refractivity contribution >= 4 is 39.3 Å². The minimum Gasteiger partial charge on any atom is -0.497 e. The number of nitrogens with one attached hydrogen (secondary N) is 1. The molecule has 2 bridgehead atoms. The molecule has 3 aromatic rings. The van der Waals surface area contributed by atoms with Crippen LogP contribution in [-0.2, 0) is 27.3 Å². The largest absolute Gasteiger partial charge is 0.497 e. The van der Waals surface area contributed by atoms with Crippen LogP contribution < -0.4 is 19.5 Å². The fourth-order valence-corrected chi connectivity index (χ4v) is 7.35. The van der Waals surface area contributed by atoms with Crippen molar-refractivity contribution in [3.8, 4) is 17.2 Å². The molecule has 53 heavy (non-hydrogen) atoms. The lowest BCUT2D eigenvalue weighted by Gasteiger charge is -2.45. The third-order valence-electron chi connectivity index (χ3n) is 9.83. The zero-order valence-electron chi connectivity index (χ0n) is 29.5. The predicted octanol–water partition coefficient (Wildman–Crippen LogP) is 3.94. The van der Waals surface area contributed by atoms with Crippen LogP contribution in [0.1, 0.15) is 42.4 Å². The lowest BCUT2D eigenvalue weighted by atomic mass is 9.82. The maximum absolute atomic E-state index is 14.8. The molecule has 3 aromatic carbocycles. The molecule has 6 rings (SSSR count). The average molecular weight is 797 g/mol. The number of aryl methyl sites for hydroxylation is 1. The Morgan fingerprint density at radius 3 is 2.30 bits per heavy atom. The molecule has 3 aliphatic rings. The Hall–Kier alpha value is -4.50. The van der Waals surface area contributed by atoms with E-state index >= 15 is 0 Å². The van der Waals surface area contributed by atoms with Crippen LogP contribution in [0.25, 0.3) is 5.57 Å². The molecule has 0 radical (unpaired) electrons. The Morgan fingerprint density at radius 2 is 1.66 bits per heavy atom. The zero-order chi connectivity index (χ0) is 37.8. The Labute approximate surface area is 315 Å². The molecule has 1 aliphatic carbocycles. The van der Waals surface area contributed by atoms with E-state index in [9.17, 15) is 34.1 Å². The summed E-state index contributed by atoms with van der Waals surface area (Å²) in [5.41, 5.74) is 4.10. The van der Waals surface area contributed by atoms with Crippen LogP contribution in [0, 0.1) is 5.82 Å². The normalized spacial score (nSPS) is 19.3. The van der Waals surface area contributed by atoms with Crippen molar-refractivity contribution in [1.29, 1.82) is 0 Å². The van der Waals surface area contributed by atoms with Crippen LogP contribution >= 0.6 is 15.9 Å². The van der Waals surface area contributed by atoms with Crippen LogP contribution in [0.2, 0.25) is 0 Å². The lowest BCUT2D eigenvalue weighted by Crippen LogP contribution is -2.64. The van der Waals surface area contributed by atoms with E-state index in [0.717, 1.165) is 35.1 Å². The highest BCUT2D eigenvalue weighted by atomic mass is 79.9. The molecule has 14 heteroatoms. The molecule has 0 spiro atoms. The fraction of sp³-hybridized carbons (Fsp3) is 0.410. The standard InChI is InChI=1S/C39H43BrFN3O9/c1-51-28-14-23(15-29(18-28)52-2)19-44(27-10-11-27)37(47)34-30(17-26-20-43(21-32(34)42-26)38(48)35(45)36(46)39(49)50)24-7-5-22(6-8-24)4-3-13-53-33-16-25(41)9-12-31(33)40/h5-9,12,14-16,18,26-27,32,35-36,42,45-46H,3-4,10-11,13,17,19-21H2,1-2H3,(H,49,50)/t26-,32-,35-,36+/m1/s1. The van der Waals surface area contributed by atoms with Crippen molar-refractivity contribution in [2.45, 2.75) is 69.0 Å². The summed E-state index contributed by atoms with van der Waals surface area (Å²) >= 11 is 3.38. The second-order valence-corrected chi connectivity index (χ2v) is 14.4. The van der Waals surface area contributed by atoms with Gasteiger partial charge in [0.2, 0.25) is 0 Å². The number of aliphatic hydroxyl groups excluding tert-OH is 2. The number of nitrogens with zero attached hydrogens (tertiary/aromatic N) is 2. The summed E-state index contributed by atoms with van der Waals surface area (Å²) in [5.74, 6) is -1.53. The number of rotatable bonds is 15. The van der Waals surface area contributed by atoms with Crippen molar-refractivity contribution in [2.24, 2.45) is 0 Å². The Morgan fingerprint density at radius 1 is 0.962 bits per heavy atom. The molecule has 12 nitrogen and oxygen atoms in total. The van der Waals surface area contributed by atoms with Crippen LogP contribution in [0.3, 0.4) is 0 Å². The second-order valence-electron chi connectivity index (χ2n) is 13.6. The molecule has 2 aliphatic heterocycles. The monoisotopic (exact) mass is 795 g/mol. The number of methoxy groups -OCH3 is 2. The number of ether oxygens (including phenoxy) is 3. The van der Waals surface area contributed by atoms with Gasteiger partial charge in [-0.05, 0) is 94.6 Å². The third kappa shape index (κ3) is 9.01. The predicted molar refractivity (Wildman–Crippen MR) is 196 cm³/mol. The minimum absolute atomic E-state index is 0.00565. The average Bonchev–Trinajstić information content (AvgIpc) is 4.01. The fourth-order valence-electron chi connectivity index (χ4n) is 6.99. The number of carboxylic acids is 1. The number of piperazine rings is 1. The van der Waals surface area contributed by atoms with Crippen LogP contribution in [0.15, 0.2) is 70.7 Å². The van der Waals surface area contributed by atoms with Crippen LogP contribution in [0.4, 0.5) is 4.39 Å². The van der Waals surface area contributed by atoms with E-state index in [1.54, 1.807) is 26.4 Å². The molecular weight excluding hydrogens is 753 g/mol. The van der Waals surface area contributed by atoms with E-state index in [1.807, 2.05) is 41.3 Å². The number of benzene rings is 3. The van der Waals surface area contributed by atoms with Crippen molar-refractivity contribution in [1.82, 2.24) is 15.1 Å².